The third-order valence-corrected chi connectivity index (χ3v) is 3.52. The van der Waals surface area contributed by atoms with Gasteiger partial charge in [-0.25, -0.2) is 0 Å². The number of hydrogen-bond donors (Lipinski definition) is 1. The van der Waals surface area contributed by atoms with Gasteiger partial charge in [-0.05, 0) is 18.3 Å². The van der Waals surface area contributed by atoms with Crippen molar-refractivity contribution in [1.29, 1.82) is 0 Å². The zero-order valence-electron chi connectivity index (χ0n) is 10.9. The first-order chi connectivity index (χ1) is 6.81. The molecule has 0 aromatic rings. The maximum absolute atomic E-state index is 5.20. The molecular formula is C12H26O2S. The summed E-state index contributed by atoms with van der Waals surface area (Å²) in [5.41, 5.74) is 0. The molecule has 0 radical (unpaired) electrons. The van der Waals surface area contributed by atoms with Crippen LogP contribution in [0.4, 0.5) is 0 Å². The van der Waals surface area contributed by atoms with Gasteiger partial charge in [-0.1, -0.05) is 27.7 Å². The summed E-state index contributed by atoms with van der Waals surface area (Å²) >= 11 is 4.60. The number of thiol groups is 1. The molecule has 0 aliphatic carbocycles. The Balaban J connectivity index is 3.97. The van der Waals surface area contributed by atoms with Gasteiger partial charge >= 0.3 is 0 Å². The summed E-state index contributed by atoms with van der Waals surface area (Å²) < 4.78 is 10.5. The van der Waals surface area contributed by atoms with E-state index in [1.54, 1.807) is 14.2 Å². The van der Waals surface area contributed by atoms with Crippen molar-refractivity contribution in [3.8, 4) is 0 Å². The van der Waals surface area contributed by atoms with Gasteiger partial charge in [-0.3, -0.25) is 0 Å². The molecule has 0 amide bonds. The maximum Gasteiger partial charge on any atom is 0.157 e. The van der Waals surface area contributed by atoms with Crippen molar-refractivity contribution in [2.24, 2.45) is 11.8 Å². The highest BCUT2D eigenvalue weighted by Crippen LogP contribution is 2.30. The van der Waals surface area contributed by atoms with Crippen LogP contribution in [0.1, 0.15) is 40.5 Å². The van der Waals surface area contributed by atoms with Crippen molar-refractivity contribution in [2.45, 2.75) is 51.6 Å². The molecule has 15 heavy (non-hydrogen) atoms. The summed E-state index contributed by atoms with van der Waals surface area (Å²) in [5, 5.41) is 0. The Morgan fingerprint density at radius 2 is 1.53 bits per heavy atom. The van der Waals surface area contributed by atoms with Gasteiger partial charge in [0.1, 0.15) is 0 Å². The Labute approximate surface area is 100 Å². The third kappa shape index (κ3) is 6.44. The summed E-state index contributed by atoms with van der Waals surface area (Å²) in [5.74, 6) is 1.18. The van der Waals surface area contributed by atoms with Gasteiger partial charge in [0.25, 0.3) is 0 Å². The van der Waals surface area contributed by atoms with Gasteiger partial charge in [0.05, 0.1) is 0 Å². The lowest BCUT2D eigenvalue weighted by Gasteiger charge is -2.29. The van der Waals surface area contributed by atoms with Gasteiger partial charge in [-0.15, -0.1) is 0 Å². The van der Waals surface area contributed by atoms with E-state index >= 15 is 0 Å². The predicted octanol–water partition coefficient (Wildman–Crippen LogP) is 3.37. The van der Waals surface area contributed by atoms with Gasteiger partial charge in [0.2, 0.25) is 0 Å². The first kappa shape index (κ1) is 15.3. The summed E-state index contributed by atoms with van der Waals surface area (Å²) in [7, 11) is 3.37. The number of rotatable bonds is 7. The first-order valence-electron chi connectivity index (χ1n) is 5.59. The smallest absolute Gasteiger partial charge is 0.157 e. The Morgan fingerprint density at radius 3 is 1.87 bits per heavy atom. The average molecular weight is 234 g/mol. The number of methoxy groups -OCH3 is 2. The van der Waals surface area contributed by atoms with Crippen molar-refractivity contribution >= 4 is 12.6 Å². The molecule has 92 valence electrons. The molecule has 0 heterocycles. The van der Waals surface area contributed by atoms with Crippen LogP contribution in [0.3, 0.4) is 0 Å². The molecule has 3 heteroatoms. The van der Waals surface area contributed by atoms with Crippen LogP contribution in [0.15, 0.2) is 0 Å². The molecule has 0 aromatic carbocycles. The van der Waals surface area contributed by atoms with Crippen LogP contribution in [0.5, 0.6) is 0 Å². The van der Waals surface area contributed by atoms with Crippen molar-refractivity contribution in [2.75, 3.05) is 14.2 Å². The fraction of sp³-hybridized carbons (Fsp3) is 1.00. The van der Waals surface area contributed by atoms with Crippen LogP contribution in [0.25, 0.3) is 0 Å². The van der Waals surface area contributed by atoms with Gasteiger partial charge in [-0.2, -0.15) is 12.6 Å². The van der Waals surface area contributed by atoms with Gasteiger partial charge in [0.15, 0.2) is 6.29 Å². The normalized spacial score (nSPS) is 16.8. The van der Waals surface area contributed by atoms with Crippen LogP contribution < -0.4 is 0 Å². The zero-order valence-corrected chi connectivity index (χ0v) is 11.8. The minimum Gasteiger partial charge on any atom is -0.356 e. The second kappa shape index (κ2) is 6.77. The van der Waals surface area contributed by atoms with Crippen molar-refractivity contribution in [3.05, 3.63) is 0 Å². The van der Waals surface area contributed by atoms with Crippen LogP contribution in [-0.2, 0) is 9.47 Å². The molecule has 0 aliphatic rings. The van der Waals surface area contributed by atoms with Crippen molar-refractivity contribution < 1.29 is 9.47 Å². The molecule has 2 nitrogen and oxygen atoms in total. The second-order valence-corrected chi connectivity index (χ2v) is 6.18. The highest BCUT2D eigenvalue weighted by Gasteiger charge is 2.24. The van der Waals surface area contributed by atoms with E-state index in [-0.39, 0.29) is 11.0 Å². The molecule has 2 unspecified atom stereocenters. The van der Waals surface area contributed by atoms with Crippen LogP contribution in [-0.4, -0.2) is 25.3 Å². The van der Waals surface area contributed by atoms with E-state index in [4.69, 9.17) is 9.47 Å². The molecule has 0 rings (SSSR count). The number of ether oxygens (including phenoxy) is 2. The molecule has 0 aromatic heterocycles. The molecule has 2 atom stereocenters. The van der Waals surface area contributed by atoms with Crippen molar-refractivity contribution in [3.63, 3.8) is 0 Å². The third-order valence-electron chi connectivity index (χ3n) is 3.08. The van der Waals surface area contributed by atoms with E-state index in [1.807, 2.05) is 0 Å². The molecule has 0 spiro atoms. The Kier molecular flexibility index (Phi) is 6.89. The molecule has 0 fully saturated rings. The number of hydrogen-bond acceptors (Lipinski definition) is 3. The Bertz CT molecular complexity index is 161. The highest BCUT2D eigenvalue weighted by molar-refractivity contribution is 7.81. The fourth-order valence-electron chi connectivity index (χ4n) is 1.61. The lowest BCUT2D eigenvalue weighted by atomic mass is 9.86. The SMILES string of the molecule is COC(CC(C)CC(C)C(C)(C)S)OC. The van der Waals surface area contributed by atoms with E-state index in [9.17, 15) is 0 Å². The Hall–Kier alpha value is 0.270. The minimum atomic E-state index is -0.0739. The lowest BCUT2D eigenvalue weighted by molar-refractivity contribution is -0.114. The average Bonchev–Trinajstić information content (AvgIpc) is 2.12. The quantitative estimate of drug-likeness (QED) is 0.538. The van der Waals surface area contributed by atoms with E-state index < -0.39 is 0 Å². The summed E-state index contributed by atoms with van der Waals surface area (Å²) in [6, 6.07) is 0. The van der Waals surface area contributed by atoms with Gasteiger partial charge in [0, 0.05) is 25.4 Å². The molecule has 0 aliphatic heterocycles. The van der Waals surface area contributed by atoms with Crippen LogP contribution in [0.2, 0.25) is 0 Å². The van der Waals surface area contributed by atoms with E-state index in [2.05, 4.69) is 40.3 Å². The van der Waals surface area contributed by atoms with E-state index in [1.165, 1.54) is 0 Å². The summed E-state index contributed by atoms with van der Waals surface area (Å²) in [6.07, 6.45) is 2.02. The largest absolute Gasteiger partial charge is 0.356 e. The lowest BCUT2D eigenvalue weighted by Crippen LogP contribution is -2.25. The molecule has 0 saturated carbocycles. The first-order valence-corrected chi connectivity index (χ1v) is 6.04. The van der Waals surface area contributed by atoms with E-state index in [0.717, 1.165) is 12.8 Å². The minimum absolute atomic E-state index is 0.0739. The maximum atomic E-state index is 5.20. The predicted molar refractivity (Wildman–Crippen MR) is 68.4 cm³/mol. The summed E-state index contributed by atoms with van der Waals surface area (Å²) in [4.78, 5) is 0. The monoisotopic (exact) mass is 234 g/mol. The van der Waals surface area contributed by atoms with Gasteiger partial charge < -0.3 is 9.47 Å². The summed E-state index contributed by atoms with van der Waals surface area (Å²) in [6.45, 7) is 8.81. The molecule has 0 N–H and O–H groups in total. The highest BCUT2D eigenvalue weighted by atomic mass is 32.1. The molecular weight excluding hydrogens is 208 g/mol. The fourth-order valence-corrected chi connectivity index (χ4v) is 1.71. The van der Waals surface area contributed by atoms with Crippen LogP contribution >= 0.6 is 12.6 Å². The Morgan fingerprint density at radius 1 is 1.07 bits per heavy atom. The molecule has 0 saturated heterocycles. The molecule has 0 bridgehead atoms. The van der Waals surface area contributed by atoms with E-state index in [0.29, 0.717) is 11.8 Å². The van der Waals surface area contributed by atoms with Crippen LogP contribution in [0, 0.1) is 11.8 Å². The standard InChI is InChI=1S/C12H26O2S/c1-9(8-11(13-5)14-6)7-10(2)12(3,4)15/h9-11,15H,7-8H2,1-6H3. The zero-order chi connectivity index (χ0) is 12.1. The van der Waals surface area contributed by atoms with Crippen molar-refractivity contribution in [1.82, 2.24) is 0 Å². The topological polar surface area (TPSA) is 18.5 Å². The second-order valence-electron chi connectivity index (χ2n) is 5.03.